The molecule has 0 spiro atoms. The van der Waals surface area contributed by atoms with Gasteiger partial charge in [-0.15, -0.1) is 0 Å². The van der Waals surface area contributed by atoms with Gasteiger partial charge < -0.3 is 9.84 Å². The second-order valence-corrected chi connectivity index (χ2v) is 4.31. The molecule has 0 aromatic heterocycles. The molecule has 1 aromatic rings. The Morgan fingerprint density at radius 2 is 2.07 bits per heavy atom. The Labute approximate surface area is 90.9 Å². The number of aliphatic hydroxyl groups excluding tert-OH is 1. The Bertz CT molecular complexity index is 316. The van der Waals surface area contributed by atoms with Crippen molar-refractivity contribution in [3.8, 4) is 0 Å². The highest BCUT2D eigenvalue weighted by Crippen LogP contribution is 2.29. The van der Waals surface area contributed by atoms with E-state index in [2.05, 4.69) is 19.1 Å². The van der Waals surface area contributed by atoms with Crippen LogP contribution in [0.2, 0.25) is 0 Å². The van der Waals surface area contributed by atoms with Crippen molar-refractivity contribution in [1.82, 2.24) is 0 Å². The monoisotopic (exact) mass is 206 g/mol. The van der Waals surface area contributed by atoms with E-state index in [1.54, 1.807) is 0 Å². The summed E-state index contributed by atoms with van der Waals surface area (Å²) in [5.74, 6) is 0.362. The van der Waals surface area contributed by atoms with Gasteiger partial charge in [0.05, 0.1) is 6.10 Å². The zero-order chi connectivity index (χ0) is 10.7. The van der Waals surface area contributed by atoms with Gasteiger partial charge in [0.25, 0.3) is 0 Å². The minimum Gasteiger partial charge on any atom is -0.388 e. The normalized spacial score (nSPS) is 20.1. The maximum absolute atomic E-state index is 10.2. The van der Waals surface area contributed by atoms with Crippen molar-refractivity contribution in [1.29, 1.82) is 0 Å². The molecule has 1 N–H and O–H groups in total. The summed E-state index contributed by atoms with van der Waals surface area (Å²) in [6.07, 6.45) is 1.61. The second kappa shape index (κ2) is 4.77. The summed E-state index contributed by atoms with van der Waals surface area (Å²) in [6.45, 7) is 3.63. The molecule has 15 heavy (non-hydrogen) atoms. The molecular formula is C13H18O2. The first-order valence-electron chi connectivity index (χ1n) is 5.60. The maximum Gasteiger partial charge on any atom is 0.0820 e. The molecule has 1 saturated heterocycles. The van der Waals surface area contributed by atoms with Gasteiger partial charge in [0.2, 0.25) is 0 Å². The first-order valence-corrected chi connectivity index (χ1v) is 5.60. The van der Waals surface area contributed by atoms with Crippen LogP contribution in [0.1, 0.15) is 30.1 Å². The fourth-order valence-electron chi connectivity index (χ4n) is 2.16. The van der Waals surface area contributed by atoms with E-state index in [4.69, 9.17) is 4.74 Å². The molecule has 1 aromatic carbocycles. The lowest BCUT2D eigenvalue weighted by Crippen LogP contribution is -2.21. The third-order valence-electron chi connectivity index (χ3n) is 3.10. The fraction of sp³-hybridized carbons (Fsp3) is 0.538. The third-order valence-corrected chi connectivity index (χ3v) is 3.10. The lowest BCUT2D eigenvalue weighted by Gasteiger charge is -2.27. The molecule has 82 valence electrons. The molecule has 0 bridgehead atoms. The van der Waals surface area contributed by atoms with Crippen molar-refractivity contribution < 1.29 is 9.84 Å². The minimum absolute atomic E-state index is 0.325. The lowest BCUT2D eigenvalue weighted by atomic mass is 9.89. The quantitative estimate of drug-likeness (QED) is 0.805. The topological polar surface area (TPSA) is 29.5 Å². The molecule has 1 atom stereocenters. The Morgan fingerprint density at radius 1 is 1.33 bits per heavy atom. The highest BCUT2D eigenvalue weighted by Gasteiger charge is 2.23. The number of benzene rings is 1. The third kappa shape index (κ3) is 2.58. The van der Waals surface area contributed by atoms with E-state index in [0.717, 1.165) is 31.6 Å². The number of aliphatic hydroxyl groups is 1. The summed E-state index contributed by atoms with van der Waals surface area (Å²) in [6, 6.07) is 8.14. The lowest BCUT2D eigenvalue weighted by molar-refractivity contribution is 0.00717. The van der Waals surface area contributed by atoms with E-state index < -0.39 is 0 Å². The summed E-state index contributed by atoms with van der Waals surface area (Å²) in [5, 5.41) is 10.2. The van der Waals surface area contributed by atoms with Gasteiger partial charge in [0, 0.05) is 13.2 Å². The zero-order valence-electron chi connectivity index (χ0n) is 9.15. The zero-order valence-corrected chi connectivity index (χ0v) is 9.15. The number of rotatable bonds is 2. The number of hydrogen-bond acceptors (Lipinski definition) is 2. The molecule has 0 aliphatic carbocycles. The summed E-state index contributed by atoms with van der Waals surface area (Å²) in [7, 11) is 0. The van der Waals surface area contributed by atoms with Crippen LogP contribution in [-0.4, -0.2) is 18.3 Å². The van der Waals surface area contributed by atoms with Crippen LogP contribution in [0.4, 0.5) is 0 Å². The van der Waals surface area contributed by atoms with E-state index in [1.165, 1.54) is 5.56 Å². The van der Waals surface area contributed by atoms with Crippen molar-refractivity contribution in [3.63, 3.8) is 0 Å². The van der Waals surface area contributed by atoms with Gasteiger partial charge in [-0.1, -0.05) is 29.8 Å². The average Bonchev–Trinajstić information content (AvgIpc) is 2.29. The Hall–Kier alpha value is -0.860. The first kappa shape index (κ1) is 10.7. The van der Waals surface area contributed by atoms with Gasteiger partial charge in [0.15, 0.2) is 0 Å². The molecule has 1 aliphatic rings. The average molecular weight is 206 g/mol. The largest absolute Gasteiger partial charge is 0.388 e. The first-order chi connectivity index (χ1) is 7.27. The van der Waals surface area contributed by atoms with Crippen LogP contribution >= 0.6 is 0 Å². The molecule has 2 nitrogen and oxygen atoms in total. The predicted molar refractivity (Wildman–Crippen MR) is 59.7 cm³/mol. The summed E-state index contributed by atoms with van der Waals surface area (Å²) in [5.41, 5.74) is 2.25. The molecule has 1 unspecified atom stereocenters. The van der Waals surface area contributed by atoms with Crippen LogP contribution in [0.15, 0.2) is 24.3 Å². The number of aryl methyl sites for hydroxylation is 1. The van der Waals surface area contributed by atoms with Crippen LogP contribution in [-0.2, 0) is 4.74 Å². The van der Waals surface area contributed by atoms with E-state index >= 15 is 0 Å². The second-order valence-electron chi connectivity index (χ2n) is 4.31. The SMILES string of the molecule is Cc1cccc(C(O)C2CCOCC2)c1. The summed E-state index contributed by atoms with van der Waals surface area (Å²) < 4.78 is 5.30. The van der Waals surface area contributed by atoms with Gasteiger partial charge in [0.1, 0.15) is 0 Å². The highest BCUT2D eigenvalue weighted by molar-refractivity contribution is 5.24. The van der Waals surface area contributed by atoms with Crippen LogP contribution in [0.25, 0.3) is 0 Å². The van der Waals surface area contributed by atoms with Crippen molar-refractivity contribution >= 4 is 0 Å². The van der Waals surface area contributed by atoms with Crippen LogP contribution < -0.4 is 0 Å². The van der Waals surface area contributed by atoms with E-state index in [1.807, 2.05) is 12.1 Å². The minimum atomic E-state index is -0.325. The smallest absolute Gasteiger partial charge is 0.0820 e. The Kier molecular flexibility index (Phi) is 3.39. The predicted octanol–water partition coefficient (Wildman–Crippen LogP) is 2.46. The molecule has 1 aliphatic heterocycles. The van der Waals surface area contributed by atoms with Gasteiger partial charge in [-0.25, -0.2) is 0 Å². The Morgan fingerprint density at radius 3 is 2.73 bits per heavy atom. The van der Waals surface area contributed by atoms with E-state index in [9.17, 15) is 5.11 Å². The summed E-state index contributed by atoms with van der Waals surface area (Å²) >= 11 is 0. The standard InChI is InChI=1S/C13H18O2/c1-10-3-2-4-12(9-10)13(14)11-5-7-15-8-6-11/h2-4,9,11,13-14H,5-8H2,1H3. The summed E-state index contributed by atoms with van der Waals surface area (Å²) in [4.78, 5) is 0. The molecule has 2 heteroatoms. The van der Waals surface area contributed by atoms with Gasteiger partial charge in [-0.05, 0) is 31.2 Å². The van der Waals surface area contributed by atoms with Crippen molar-refractivity contribution in [3.05, 3.63) is 35.4 Å². The molecule has 0 saturated carbocycles. The van der Waals surface area contributed by atoms with Crippen molar-refractivity contribution in [2.24, 2.45) is 5.92 Å². The van der Waals surface area contributed by atoms with Gasteiger partial charge in [-0.3, -0.25) is 0 Å². The van der Waals surface area contributed by atoms with E-state index in [0.29, 0.717) is 5.92 Å². The Balaban J connectivity index is 2.08. The molecular weight excluding hydrogens is 188 g/mol. The van der Waals surface area contributed by atoms with Crippen LogP contribution in [0.5, 0.6) is 0 Å². The van der Waals surface area contributed by atoms with Crippen LogP contribution in [0, 0.1) is 12.8 Å². The van der Waals surface area contributed by atoms with Crippen molar-refractivity contribution in [2.75, 3.05) is 13.2 Å². The number of ether oxygens (including phenoxy) is 1. The van der Waals surface area contributed by atoms with Gasteiger partial charge in [-0.2, -0.15) is 0 Å². The molecule has 1 fully saturated rings. The van der Waals surface area contributed by atoms with Gasteiger partial charge >= 0.3 is 0 Å². The maximum atomic E-state index is 10.2. The highest BCUT2D eigenvalue weighted by atomic mass is 16.5. The molecule has 1 heterocycles. The van der Waals surface area contributed by atoms with Crippen LogP contribution in [0.3, 0.4) is 0 Å². The number of hydrogen-bond donors (Lipinski definition) is 1. The fourth-order valence-corrected chi connectivity index (χ4v) is 2.16. The van der Waals surface area contributed by atoms with E-state index in [-0.39, 0.29) is 6.10 Å². The molecule has 0 amide bonds. The van der Waals surface area contributed by atoms with Crippen molar-refractivity contribution in [2.45, 2.75) is 25.9 Å². The molecule has 0 radical (unpaired) electrons. The molecule has 2 rings (SSSR count).